The first-order valence-corrected chi connectivity index (χ1v) is 7.85. The van der Waals surface area contributed by atoms with E-state index in [0.717, 1.165) is 30.7 Å². The van der Waals surface area contributed by atoms with Crippen molar-refractivity contribution >= 4 is 11.4 Å². The van der Waals surface area contributed by atoms with Crippen molar-refractivity contribution in [3.05, 3.63) is 65.8 Å². The van der Waals surface area contributed by atoms with Crippen LogP contribution in [0.1, 0.15) is 38.7 Å². The molecule has 0 aliphatic heterocycles. The summed E-state index contributed by atoms with van der Waals surface area (Å²) in [6.07, 6.45) is 14.5. The molecular weight excluding hydrogens is 254 g/mol. The van der Waals surface area contributed by atoms with E-state index in [-0.39, 0.29) is 0 Å². The molecule has 1 aromatic carbocycles. The number of hydrogen-bond acceptors (Lipinski definition) is 1. The zero-order chi connectivity index (χ0) is 15.1. The molecule has 1 aliphatic rings. The maximum Gasteiger partial charge on any atom is 0.0662 e. The molecule has 0 heterocycles. The summed E-state index contributed by atoms with van der Waals surface area (Å²) in [6, 6.07) is 8.31. The minimum absolute atomic E-state index is 0.561. The lowest BCUT2D eigenvalue weighted by Crippen LogP contribution is -2.12. The summed E-state index contributed by atoms with van der Waals surface area (Å²) in [5, 5.41) is 0. The van der Waals surface area contributed by atoms with Crippen molar-refractivity contribution in [3.8, 4) is 0 Å². The van der Waals surface area contributed by atoms with Gasteiger partial charge >= 0.3 is 0 Å². The molecule has 1 aromatic rings. The Morgan fingerprint density at radius 1 is 1.29 bits per heavy atom. The van der Waals surface area contributed by atoms with Crippen LogP contribution in [0.2, 0.25) is 0 Å². The van der Waals surface area contributed by atoms with Crippen LogP contribution >= 0.6 is 0 Å². The first kappa shape index (κ1) is 15.5. The van der Waals surface area contributed by atoms with Crippen molar-refractivity contribution < 1.29 is 0 Å². The van der Waals surface area contributed by atoms with E-state index in [1.165, 1.54) is 11.1 Å². The summed E-state index contributed by atoms with van der Waals surface area (Å²) in [7, 11) is 0. The normalized spacial score (nSPS) is 19.1. The standard InChI is InChI=1S/C20H25N/c1-4-5-6-12-18-13-8-9-14-19(18)17(3)21-20-15-10-7-11-16(20)2/h5-11,14-15,18H,4,12-13H2,1-3H3. The molecule has 0 spiro atoms. The van der Waals surface area contributed by atoms with E-state index >= 15 is 0 Å². The molecule has 2 rings (SSSR count). The van der Waals surface area contributed by atoms with Gasteiger partial charge < -0.3 is 0 Å². The molecule has 0 aromatic heterocycles. The molecule has 1 unspecified atom stereocenters. The fourth-order valence-electron chi connectivity index (χ4n) is 2.68. The number of rotatable bonds is 5. The predicted octanol–water partition coefficient (Wildman–Crippen LogP) is 5.95. The third kappa shape index (κ3) is 4.29. The molecule has 1 heteroatoms. The van der Waals surface area contributed by atoms with Gasteiger partial charge in [-0.1, -0.05) is 55.5 Å². The van der Waals surface area contributed by atoms with Crippen LogP contribution < -0.4 is 0 Å². The number of allylic oxidation sites excluding steroid dienone is 6. The molecule has 1 aliphatic carbocycles. The highest BCUT2D eigenvalue weighted by Crippen LogP contribution is 2.28. The lowest BCUT2D eigenvalue weighted by molar-refractivity contribution is 0.647. The Morgan fingerprint density at radius 2 is 2.10 bits per heavy atom. The van der Waals surface area contributed by atoms with Crippen LogP contribution in [-0.2, 0) is 0 Å². The zero-order valence-electron chi connectivity index (χ0n) is 13.3. The second-order valence-corrected chi connectivity index (χ2v) is 5.58. The highest BCUT2D eigenvalue weighted by atomic mass is 14.7. The van der Waals surface area contributed by atoms with E-state index in [1.807, 2.05) is 0 Å². The van der Waals surface area contributed by atoms with Gasteiger partial charge in [0.1, 0.15) is 0 Å². The second kappa shape index (κ2) is 7.78. The van der Waals surface area contributed by atoms with E-state index in [2.05, 4.69) is 75.4 Å². The van der Waals surface area contributed by atoms with Crippen molar-refractivity contribution in [2.45, 2.75) is 40.0 Å². The Bertz CT molecular complexity index is 588. The lowest BCUT2D eigenvalue weighted by atomic mass is 9.86. The molecule has 1 atom stereocenters. The van der Waals surface area contributed by atoms with Gasteiger partial charge in [0, 0.05) is 5.71 Å². The van der Waals surface area contributed by atoms with E-state index in [4.69, 9.17) is 4.99 Å². The Balaban J connectivity index is 2.21. The molecule has 21 heavy (non-hydrogen) atoms. The molecular formula is C20H25N. The van der Waals surface area contributed by atoms with Gasteiger partial charge in [-0.2, -0.15) is 0 Å². The van der Waals surface area contributed by atoms with Gasteiger partial charge in [0.15, 0.2) is 0 Å². The third-order valence-corrected chi connectivity index (χ3v) is 3.92. The lowest BCUT2D eigenvalue weighted by Gasteiger charge is -2.20. The molecule has 0 fully saturated rings. The molecule has 110 valence electrons. The van der Waals surface area contributed by atoms with Crippen LogP contribution in [0, 0.1) is 12.8 Å². The van der Waals surface area contributed by atoms with Crippen LogP contribution in [0.15, 0.2) is 65.2 Å². The molecule has 0 amide bonds. The predicted molar refractivity (Wildman–Crippen MR) is 93.3 cm³/mol. The summed E-state index contributed by atoms with van der Waals surface area (Å²) in [5.41, 5.74) is 4.82. The van der Waals surface area contributed by atoms with Crippen molar-refractivity contribution in [3.63, 3.8) is 0 Å². The summed E-state index contributed by atoms with van der Waals surface area (Å²) < 4.78 is 0. The van der Waals surface area contributed by atoms with Gasteiger partial charge in [-0.15, -0.1) is 0 Å². The minimum Gasteiger partial charge on any atom is -0.253 e. The fourth-order valence-corrected chi connectivity index (χ4v) is 2.68. The second-order valence-electron chi connectivity index (χ2n) is 5.58. The van der Waals surface area contributed by atoms with Crippen LogP contribution in [0.25, 0.3) is 0 Å². The Morgan fingerprint density at radius 3 is 2.86 bits per heavy atom. The zero-order valence-corrected chi connectivity index (χ0v) is 13.3. The summed E-state index contributed by atoms with van der Waals surface area (Å²) in [4.78, 5) is 4.85. The maximum absolute atomic E-state index is 4.85. The van der Waals surface area contributed by atoms with Gasteiger partial charge in [0.05, 0.1) is 5.69 Å². The van der Waals surface area contributed by atoms with E-state index in [1.54, 1.807) is 0 Å². The SMILES string of the molecule is CCC=CCC1CC=CC=C1C(C)=Nc1ccccc1C. The number of nitrogens with zero attached hydrogens (tertiary/aromatic N) is 1. The Labute approximate surface area is 128 Å². The van der Waals surface area contributed by atoms with Crippen molar-refractivity contribution in [1.82, 2.24) is 0 Å². The summed E-state index contributed by atoms with van der Waals surface area (Å²) >= 11 is 0. The molecule has 0 saturated heterocycles. The molecule has 1 nitrogen and oxygen atoms in total. The largest absolute Gasteiger partial charge is 0.253 e. The number of aryl methyl sites for hydroxylation is 1. The maximum atomic E-state index is 4.85. The van der Waals surface area contributed by atoms with Crippen molar-refractivity contribution in [2.75, 3.05) is 0 Å². The Hall–Kier alpha value is -1.89. The first-order chi connectivity index (χ1) is 10.2. The van der Waals surface area contributed by atoms with E-state index in [9.17, 15) is 0 Å². The van der Waals surface area contributed by atoms with E-state index in [0.29, 0.717) is 5.92 Å². The summed E-state index contributed by atoms with van der Waals surface area (Å²) in [5.74, 6) is 0.561. The van der Waals surface area contributed by atoms with Crippen LogP contribution in [-0.4, -0.2) is 5.71 Å². The quantitative estimate of drug-likeness (QED) is 0.467. The molecule has 0 bridgehead atoms. The topological polar surface area (TPSA) is 12.4 Å². The average Bonchev–Trinajstić information content (AvgIpc) is 2.50. The van der Waals surface area contributed by atoms with Crippen LogP contribution in [0.3, 0.4) is 0 Å². The highest BCUT2D eigenvalue weighted by molar-refractivity contribution is 6.00. The number of hydrogen-bond donors (Lipinski definition) is 0. The van der Waals surface area contributed by atoms with E-state index < -0.39 is 0 Å². The smallest absolute Gasteiger partial charge is 0.0662 e. The van der Waals surface area contributed by atoms with Gasteiger partial charge in [0.25, 0.3) is 0 Å². The number of para-hydroxylation sites is 1. The molecule has 0 N–H and O–H groups in total. The highest BCUT2D eigenvalue weighted by Gasteiger charge is 2.16. The molecule has 0 radical (unpaired) electrons. The third-order valence-electron chi connectivity index (χ3n) is 3.92. The molecule has 0 saturated carbocycles. The average molecular weight is 279 g/mol. The van der Waals surface area contributed by atoms with Gasteiger partial charge in [0.2, 0.25) is 0 Å². The Kier molecular flexibility index (Phi) is 5.74. The monoisotopic (exact) mass is 279 g/mol. The number of benzene rings is 1. The number of aliphatic imine (C=N–C) groups is 1. The first-order valence-electron chi connectivity index (χ1n) is 7.85. The van der Waals surface area contributed by atoms with Gasteiger partial charge in [-0.25, -0.2) is 0 Å². The summed E-state index contributed by atoms with van der Waals surface area (Å²) in [6.45, 7) is 6.43. The van der Waals surface area contributed by atoms with Crippen molar-refractivity contribution in [2.24, 2.45) is 10.9 Å². The van der Waals surface area contributed by atoms with Crippen molar-refractivity contribution in [1.29, 1.82) is 0 Å². The van der Waals surface area contributed by atoms with Crippen LogP contribution in [0.5, 0.6) is 0 Å². The minimum atomic E-state index is 0.561. The van der Waals surface area contributed by atoms with Crippen LogP contribution in [0.4, 0.5) is 5.69 Å². The fraction of sp³-hybridized carbons (Fsp3) is 0.350. The van der Waals surface area contributed by atoms with Gasteiger partial charge in [-0.3, -0.25) is 4.99 Å². The van der Waals surface area contributed by atoms with Gasteiger partial charge in [-0.05, 0) is 56.2 Å².